The summed E-state index contributed by atoms with van der Waals surface area (Å²) in [7, 11) is 0. The third kappa shape index (κ3) is 6.26. The second-order valence-corrected chi connectivity index (χ2v) is 8.67. The van der Waals surface area contributed by atoms with Crippen molar-refractivity contribution < 1.29 is 14.3 Å². The standard InChI is InChI=1S/C20H38N4O3/c1-7-20(8-2,24-18(25)27-19(4,5)6)13-22-17(21-9-3)23-15-12-14-10-11-16(15)26-14/h14-16H,7-13H2,1-6H3,(H,24,25)(H2,21,22,23). The Morgan fingerprint density at radius 2 is 1.89 bits per heavy atom. The molecule has 0 radical (unpaired) electrons. The predicted octanol–water partition coefficient (Wildman–Crippen LogP) is 2.94. The van der Waals surface area contributed by atoms with Gasteiger partial charge in [0.05, 0.1) is 30.3 Å². The number of carbonyl (C=O) groups excluding carboxylic acids is 1. The summed E-state index contributed by atoms with van der Waals surface area (Å²) in [6, 6.07) is 0.318. The maximum atomic E-state index is 12.3. The van der Waals surface area contributed by atoms with E-state index in [1.807, 2.05) is 20.8 Å². The molecule has 0 aromatic rings. The summed E-state index contributed by atoms with van der Waals surface area (Å²) >= 11 is 0. The van der Waals surface area contributed by atoms with Crippen LogP contribution in [0.15, 0.2) is 4.99 Å². The molecule has 0 saturated carbocycles. The molecule has 0 aromatic carbocycles. The van der Waals surface area contributed by atoms with Crippen molar-refractivity contribution >= 4 is 12.1 Å². The highest BCUT2D eigenvalue weighted by molar-refractivity contribution is 5.80. The number of nitrogens with zero attached hydrogens (tertiary/aromatic N) is 1. The fourth-order valence-electron chi connectivity index (χ4n) is 3.73. The summed E-state index contributed by atoms with van der Waals surface area (Å²) in [6.07, 6.45) is 5.20. The summed E-state index contributed by atoms with van der Waals surface area (Å²) in [5.41, 5.74) is -0.936. The number of rotatable bonds is 7. The Kier molecular flexibility index (Phi) is 7.37. The zero-order valence-electron chi connectivity index (χ0n) is 17.9. The second kappa shape index (κ2) is 9.13. The largest absolute Gasteiger partial charge is 0.444 e. The number of ether oxygens (including phenoxy) is 2. The number of amides is 1. The quantitative estimate of drug-likeness (QED) is 0.466. The van der Waals surface area contributed by atoms with Crippen LogP contribution in [-0.2, 0) is 9.47 Å². The number of hydrogen-bond donors (Lipinski definition) is 3. The van der Waals surface area contributed by atoms with Gasteiger partial charge < -0.3 is 25.4 Å². The summed E-state index contributed by atoms with van der Waals surface area (Å²) < 4.78 is 11.4. The average Bonchev–Trinajstić information content (AvgIpc) is 3.20. The first-order valence-electron chi connectivity index (χ1n) is 10.4. The molecule has 156 valence electrons. The molecule has 2 aliphatic heterocycles. The average molecular weight is 383 g/mol. The third-order valence-electron chi connectivity index (χ3n) is 5.43. The van der Waals surface area contributed by atoms with Crippen molar-refractivity contribution in [3.63, 3.8) is 0 Å². The highest BCUT2D eigenvalue weighted by Crippen LogP contribution is 2.34. The third-order valence-corrected chi connectivity index (χ3v) is 5.43. The monoisotopic (exact) mass is 382 g/mol. The van der Waals surface area contributed by atoms with E-state index in [4.69, 9.17) is 14.5 Å². The Morgan fingerprint density at radius 3 is 2.37 bits per heavy atom. The molecular weight excluding hydrogens is 344 g/mol. The summed E-state index contributed by atoms with van der Waals surface area (Å²) in [5.74, 6) is 0.788. The molecule has 3 atom stereocenters. The zero-order valence-corrected chi connectivity index (χ0v) is 17.9. The van der Waals surface area contributed by atoms with Crippen molar-refractivity contribution in [1.29, 1.82) is 0 Å². The predicted molar refractivity (Wildman–Crippen MR) is 108 cm³/mol. The number of aliphatic imine (C=N–C) groups is 1. The smallest absolute Gasteiger partial charge is 0.408 e. The van der Waals surface area contributed by atoms with E-state index in [0.29, 0.717) is 24.8 Å². The van der Waals surface area contributed by atoms with Crippen molar-refractivity contribution in [2.24, 2.45) is 4.99 Å². The van der Waals surface area contributed by atoms with E-state index in [9.17, 15) is 4.79 Å². The van der Waals surface area contributed by atoms with Crippen molar-refractivity contribution in [1.82, 2.24) is 16.0 Å². The Morgan fingerprint density at radius 1 is 1.19 bits per heavy atom. The summed E-state index contributed by atoms with van der Waals surface area (Å²) in [6.45, 7) is 13.1. The molecule has 2 saturated heterocycles. The van der Waals surface area contributed by atoms with E-state index >= 15 is 0 Å². The van der Waals surface area contributed by atoms with Crippen molar-refractivity contribution in [2.45, 2.75) is 103 Å². The Balaban J connectivity index is 2.01. The maximum Gasteiger partial charge on any atom is 0.408 e. The topological polar surface area (TPSA) is 84.0 Å². The number of alkyl carbamates (subject to hydrolysis) is 1. The summed E-state index contributed by atoms with van der Waals surface area (Å²) in [4.78, 5) is 17.1. The highest BCUT2D eigenvalue weighted by atomic mass is 16.6. The number of fused-ring (bicyclic) bond motifs is 2. The van der Waals surface area contributed by atoms with Crippen LogP contribution in [0.4, 0.5) is 4.79 Å². The lowest BCUT2D eigenvalue weighted by atomic mass is 9.93. The van der Waals surface area contributed by atoms with Gasteiger partial charge in [0.15, 0.2) is 5.96 Å². The van der Waals surface area contributed by atoms with Crippen LogP contribution in [0, 0.1) is 0 Å². The number of nitrogens with one attached hydrogen (secondary N) is 3. The van der Waals surface area contributed by atoms with E-state index < -0.39 is 11.1 Å². The molecule has 27 heavy (non-hydrogen) atoms. The van der Waals surface area contributed by atoms with Gasteiger partial charge in [-0.3, -0.25) is 4.99 Å². The molecule has 3 N–H and O–H groups in total. The number of carbonyl (C=O) groups is 1. The van der Waals surface area contributed by atoms with Crippen molar-refractivity contribution in [3.05, 3.63) is 0 Å². The lowest BCUT2D eigenvalue weighted by Gasteiger charge is -2.33. The zero-order chi connectivity index (χ0) is 20.1. The lowest BCUT2D eigenvalue weighted by Crippen LogP contribution is -2.53. The molecular formula is C20H38N4O3. The molecule has 3 unspecified atom stereocenters. The molecule has 2 rings (SSSR count). The minimum atomic E-state index is -0.515. The van der Waals surface area contributed by atoms with Gasteiger partial charge in [0, 0.05) is 6.54 Å². The molecule has 1 amide bonds. The van der Waals surface area contributed by atoms with Crippen LogP contribution in [0.5, 0.6) is 0 Å². The van der Waals surface area contributed by atoms with Crippen molar-refractivity contribution in [3.8, 4) is 0 Å². The van der Waals surface area contributed by atoms with E-state index in [2.05, 4.69) is 36.7 Å². The van der Waals surface area contributed by atoms with E-state index in [1.54, 1.807) is 0 Å². The molecule has 2 bridgehead atoms. The van der Waals surface area contributed by atoms with Gasteiger partial charge >= 0.3 is 6.09 Å². The molecule has 2 aliphatic rings. The maximum absolute atomic E-state index is 12.3. The number of hydrogen-bond acceptors (Lipinski definition) is 4. The molecule has 0 aliphatic carbocycles. The van der Waals surface area contributed by atoms with E-state index in [0.717, 1.165) is 38.2 Å². The molecule has 2 heterocycles. The Labute approximate surface area is 164 Å². The second-order valence-electron chi connectivity index (χ2n) is 8.67. The Hall–Kier alpha value is -1.50. The first-order valence-corrected chi connectivity index (χ1v) is 10.4. The van der Waals surface area contributed by atoms with Gasteiger partial charge in [-0.05, 0) is 59.8 Å². The first-order chi connectivity index (χ1) is 12.7. The lowest BCUT2D eigenvalue weighted by molar-refractivity contribution is 0.0452. The molecule has 2 fully saturated rings. The van der Waals surface area contributed by atoms with Crippen LogP contribution in [0.1, 0.15) is 73.6 Å². The van der Waals surface area contributed by atoms with Gasteiger partial charge in [-0.2, -0.15) is 0 Å². The van der Waals surface area contributed by atoms with E-state index in [-0.39, 0.29) is 6.09 Å². The van der Waals surface area contributed by atoms with Crippen LogP contribution in [-0.4, -0.2) is 54.5 Å². The Bertz CT molecular complexity index is 526. The van der Waals surface area contributed by atoms with Gasteiger partial charge in [-0.1, -0.05) is 13.8 Å². The van der Waals surface area contributed by atoms with Crippen LogP contribution in [0.25, 0.3) is 0 Å². The van der Waals surface area contributed by atoms with Gasteiger partial charge in [-0.15, -0.1) is 0 Å². The highest BCUT2D eigenvalue weighted by Gasteiger charge is 2.41. The fraction of sp³-hybridized carbons (Fsp3) is 0.900. The van der Waals surface area contributed by atoms with Gasteiger partial charge in [0.2, 0.25) is 0 Å². The van der Waals surface area contributed by atoms with Crippen LogP contribution < -0.4 is 16.0 Å². The van der Waals surface area contributed by atoms with Gasteiger partial charge in [0.1, 0.15) is 5.60 Å². The molecule has 7 nitrogen and oxygen atoms in total. The molecule has 7 heteroatoms. The van der Waals surface area contributed by atoms with Crippen LogP contribution in [0.2, 0.25) is 0 Å². The minimum Gasteiger partial charge on any atom is -0.444 e. The van der Waals surface area contributed by atoms with Crippen LogP contribution in [0.3, 0.4) is 0 Å². The van der Waals surface area contributed by atoms with Gasteiger partial charge in [-0.25, -0.2) is 4.79 Å². The molecule has 0 aromatic heterocycles. The van der Waals surface area contributed by atoms with Gasteiger partial charge in [0.25, 0.3) is 0 Å². The fourth-order valence-corrected chi connectivity index (χ4v) is 3.73. The molecule has 0 spiro atoms. The van der Waals surface area contributed by atoms with E-state index in [1.165, 1.54) is 6.42 Å². The SMILES string of the molecule is CCNC(=NCC(CC)(CC)NC(=O)OC(C)(C)C)NC1CC2CCC1O2. The normalized spacial score (nSPS) is 25.4. The first kappa shape index (κ1) is 21.8. The van der Waals surface area contributed by atoms with Crippen LogP contribution >= 0.6 is 0 Å². The minimum absolute atomic E-state index is 0.292. The van der Waals surface area contributed by atoms with Crippen molar-refractivity contribution in [2.75, 3.05) is 13.1 Å². The number of guanidine groups is 1. The summed E-state index contributed by atoms with van der Waals surface area (Å²) in [5, 5.41) is 9.91.